The average molecular weight is 269 g/mol. The van der Waals surface area contributed by atoms with Gasteiger partial charge < -0.3 is 14.8 Å². The predicted molar refractivity (Wildman–Crippen MR) is 79.9 cm³/mol. The van der Waals surface area contributed by atoms with Gasteiger partial charge in [-0.05, 0) is 17.2 Å². The van der Waals surface area contributed by atoms with Crippen LogP contribution in [-0.2, 0) is 11.3 Å². The molecule has 0 spiro atoms. The topological polar surface area (TPSA) is 30.5 Å². The molecule has 0 aromatic heterocycles. The number of methoxy groups -OCH3 is 1. The summed E-state index contributed by atoms with van der Waals surface area (Å²) in [5.41, 5.74) is 3.48. The van der Waals surface area contributed by atoms with Crippen molar-refractivity contribution in [2.75, 3.05) is 20.2 Å². The summed E-state index contributed by atoms with van der Waals surface area (Å²) in [5.74, 6) is 0.900. The minimum atomic E-state index is 0.379. The summed E-state index contributed by atoms with van der Waals surface area (Å²) in [7, 11) is 1.70. The van der Waals surface area contributed by atoms with Gasteiger partial charge >= 0.3 is 0 Å². The Morgan fingerprint density at radius 2 is 1.80 bits per heavy atom. The molecule has 1 fully saturated rings. The summed E-state index contributed by atoms with van der Waals surface area (Å²) in [6.07, 6.45) is 0.379. The molecular weight excluding hydrogens is 250 g/mol. The van der Waals surface area contributed by atoms with E-state index in [1.165, 1.54) is 5.56 Å². The Hall–Kier alpha value is -1.84. The maximum absolute atomic E-state index is 5.77. The molecule has 0 saturated carbocycles. The van der Waals surface area contributed by atoms with Gasteiger partial charge in [0, 0.05) is 18.7 Å². The smallest absolute Gasteiger partial charge is 0.126 e. The van der Waals surface area contributed by atoms with Crippen LogP contribution in [0, 0.1) is 0 Å². The quantitative estimate of drug-likeness (QED) is 0.905. The minimum absolute atomic E-state index is 0.379. The number of hydrogen-bond donors (Lipinski definition) is 1. The maximum Gasteiger partial charge on any atom is 0.126 e. The number of hydrogen-bond acceptors (Lipinski definition) is 3. The van der Waals surface area contributed by atoms with Gasteiger partial charge in [-0.25, -0.2) is 0 Å². The van der Waals surface area contributed by atoms with E-state index in [9.17, 15) is 0 Å². The van der Waals surface area contributed by atoms with Crippen LogP contribution in [0.25, 0.3) is 11.1 Å². The Morgan fingerprint density at radius 1 is 1.05 bits per heavy atom. The first-order chi connectivity index (χ1) is 9.86. The third-order valence-corrected chi connectivity index (χ3v) is 3.60. The predicted octanol–water partition coefficient (Wildman–Crippen LogP) is 2.85. The first-order valence-corrected chi connectivity index (χ1v) is 6.91. The van der Waals surface area contributed by atoms with Crippen LogP contribution < -0.4 is 10.1 Å². The highest BCUT2D eigenvalue weighted by Crippen LogP contribution is 2.29. The summed E-state index contributed by atoms with van der Waals surface area (Å²) < 4.78 is 11.2. The number of rotatable bonds is 5. The monoisotopic (exact) mass is 269 g/mol. The van der Waals surface area contributed by atoms with Crippen molar-refractivity contribution in [2.24, 2.45) is 0 Å². The Labute approximate surface area is 119 Å². The molecule has 3 nitrogen and oxygen atoms in total. The number of benzene rings is 2. The minimum Gasteiger partial charge on any atom is -0.496 e. The van der Waals surface area contributed by atoms with Gasteiger partial charge in [-0.1, -0.05) is 42.5 Å². The van der Waals surface area contributed by atoms with E-state index in [2.05, 4.69) is 35.6 Å². The third-order valence-electron chi connectivity index (χ3n) is 3.60. The third kappa shape index (κ3) is 2.84. The van der Waals surface area contributed by atoms with Crippen molar-refractivity contribution in [3.05, 3.63) is 54.1 Å². The summed E-state index contributed by atoms with van der Waals surface area (Å²) >= 11 is 0. The zero-order valence-corrected chi connectivity index (χ0v) is 11.6. The molecule has 2 aromatic carbocycles. The molecule has 3 heteroatoms. The van der Waals surface area contributed by atoms with Gasteiger partial charge in [0.25, 0.3) is 0 Å². The van der Waals surface area contributed by atoms with E-state index in [-0.39, 0.29) is 0 Å². The molecule has 0 radical (unpaired) electrons. The standard InChI is InChI=1S/C17H19NO2/c1-19-17-5-3-2-4-16(17)14-8-6-13(7-9-14)12-20-15-10-18-11-15/h2-9,15,18H,10-12H2,1H3. The molecule has 1 heterocycles. The molecule has 104 valence electrons. The molecule has 1 N–H and O–H groups in total. The molecular formula is C17H19NO2. The van der Waals surface area contributed by atoms with E-state index in [1.807, 2.05) is 18.2 Å². The van der Waals surface area contributed by atoms with Crippen LogP contribution in [0.3, 0.4) is 0 Å². The van der Waals surface area contributed by atoms with Crippen molar-refractivity contribution in [3.8, 4) is 16.9 Å². The molecule has 0 amide bonds. The van der Waals surface area contributed by atoms with E-state index in [0.717, 1.165) is 30.0 Å². The lowest BCUT2D eigenvalue weighted by Gasteiger charge is -2.27. The van der Waals surface area contributed by atoms with Gasteiger partial charge in [-0.3, -0.25) is 0 Å². The second kappa shape index (κ2) is 6.07. The molecule has 0 unspecified atom stereocenters. The zero-order valence-electron chi connectivity index (χ0n) is 11.6. The summed E-state index contributed by atoms with van der Waals surface area (Å²) in [6, 6.07) is 16.5. The van der Waals surface area contributed by atoms with Crippen molar-refractivity contribution in [1.29, 1.82) is 0 Å². The molecule has 0 aliphatic carbocycles. The van der Waals surface area contributed by atoms with Crippen LogP contribution >= 0.6 is 0 Å². The van der Waals surface area contributed by atoms with Crippen LogP contribution in [0.4, 0.5) is 0 Å². The van der Waals surface area contributed by atoms with Crippen LogP contribution in [0.5, 0.6) is 5.75 Å². The van der Waals surface area contributed by atoms with E-state index >= 15 is 0 Å². The van der Waals surface area contributed by atoms with Crippen LogP contribution in [0.15, 0.2) is 48.5 Å². The summed E-state index contributed by atoms with van der Waals surface area (Å²) in [6.45, 7) is 2.62. The molecule has 1 aliphatic rings. The summed E-state index contributed by atoms with van der Waals surface area (Å²) in [4.78, 5) is 0. The SMILES string of the molecule is COc1ccccc1-c1ccc(COC2CNC2)cc1. The molecule has 1 aliphatic heterocycles. The Morgan fingerprint density at radius 3 is 2.45 bits per heavy atom. The van der Waals surface area contributed by atoms with Gasteiger partial charge in [0.05, 0.1) is 19.8 Å². The first kappa shape index (κ1) is 13.2. The van der Waals surface area contributed by atoms with Gasteiger partial charge in [0.1, 0.15) is 5.75 Å². The Bertz CT molecular complexity index is 561. The van der Waals surface area contributed by atoms with Crippen molar-refractivity contribution in [2.45, 2.75) is 12.7 Å². The fourth-order valence-corrected chi connectivity index (χ4v) is 2.26. The maximum atomic E-state index is 5.77. The van der Waals surface area contributed by atoms with Gasteiger partial charge in [0.2, 0.25) is 0 Å². The lowest BCUT2D eigenvalue weighted by atomic mass is 10.0. The Balaban J connectivity index is 1.71. The largest absolute Gasteiger partial charge is 0.496 e. The van der Waals surface area contributed by atoms with Gasteiger partial charge in [-0.2, -0.15) is 0 Å². The molecule has 3 rings (SSSR count). The molecule has 0 atom stereocenters. The van der Waals surface area contributed by atoms with Crippen molar-refractivity contribution in [1.82, 2.24) is 5.32 Å². The van der Waals surface area contributed by atoms with Crippen molar-refractivity contribution in [3.63, 3.8) is 0 Å². The van der Waals surface area contributed by atoms with Crippen molar-refractivity contribution < 1.29 is 9.47 Å². The van der Waals surface area contributed by atoms with Crippen LogP contribution in [0.1, 0.15) is 5.56 Å². The van der Waals surface area contributed by atoms with E-state index in [1.54, 1.807) is 7.11 Å². The Kier molecular flexibility index (Phi) is 4.00. The van der Waals surface area contributed by atoms with Gasteiger partial charge in [0.15, 0.2) is 0 Å². The van der Waals surface area contributed by atoms with E-state index in [4.69, 9.17) is 9.47 Å². The average Bonchev–Trinajstić information content (AvgIpc) is 2.46. The highest BCUT2D eigenvalue weighted by Gasteiger charge is 2.16. The lowest BCUT2D eigenvalue weighted by Crippen LogP contribution is -2.48. The normalized spacial score (nSPS) is 14.8. The molecule has 1 saturated heterocycles. The highest BCUT2D eigenvalue weighted by molar-refractivity contribution is 5.70. The second-order valence-electron chi connectivity index (χ2n) is 4.99. The summed E-state index contributed by atoms with van der Waals surface area (Å²) in [5, 5.41) is 3.20. The van der Waals surface area contributed by atoms with Crippen LogP contribution in [0.2, 0.25) is 0 Å². The molecule has 2 aromatic rings. The van der Waals surface area contributed by atoms with Crippen LogP contribution in [-0.4, -0.2) is 26.3 Å². The van der Waals surface area contributed by atoms with Crippen molar-refractivity contribution >= 4 is 0 Å². The van der Waals surface area contributed by atoms with E-state index in [0.29, 0.717) is 12.7 Å². The highest BCUT2D eigenvalue weighted by atomic mass is 16.5. The molecule has 20 heavy (non-hydrogen) atoms. The molecule has 0 bridgehead atoms. The number of nitrogens with one attached hydrogen (secondary N) is 1. The first-order valence-electron chi connectivity index (χ1n) is 6.91. The second-order valence-corrected chi connectivity index (χ2v) is 4.99. The lowest BCUT2D eigenvalue weighted by molar-refractivity contribution is 0.00759. The number of para-hydroxylation sites is 1. The van der Waals surface area contributed by atoms with Gasteiger partial charge in [-0.15, -0.1) is 0 Å². The fraction of sp³-hybridized carbons (Fsp3) is 0.294. The number of ether oxygens (including phenoxy) is 2. The van der Waals surface area contributed by atoms with E-state index < -0.39 is 0 Å². The zero-order chi connectivity index (χ0) is 13.8. The fourth-order valence-electron chi connectivity index (χ4n) is 2.26.